The topological polar surface area (TPSA) is 108 Å². The zero-order valence-corrected chi connectivity index (χ0v) is 15.0. The van der Waals surface area contributed by atoms with E-state index in [-0.39, 0.29) is 12.5 Å². The van der Waals surface area contributed by atoms with E-state index < -0.39 is 24.2 Å². The molecule has 1 aromatic heterocycles. The van der Waals surface area contributed by atoms with Crippen LogP contribution >= 0.6 is 0 Å². The molecular formula is C16H29N3O5. The molecule has 0 radical (unpaired) electrons. The molecule has 1 rings (SSSR count). The van der Waals surface area contributed by atoms with Crippen molar-refractivity contribution in [1.82, 2.24) is 15.2 Å². The molecule has 0 aliphatic heterocycles. The van der Waals surface area contributed by atoms with Crippen LogP contribution in [0.3, 0.4) is 0 Å². The number of rotatable bonds is 10. The molecule has 0 aliphatic rings. The normalized spacial score (nSPS) is 16.7. The summed E-state index contributed by atoms with van der Waals surface area (Å²) < 4.78 is 10.3. The highest BCUT2D eigenvalue weighted by atomic mass is 16.5. The molecule has 0 spiro atoms. The molecule has 24 heavy (non-hydrogen) atoms. The van der Waals surface area contributed by atoms with E-state index >= 15 is 0 Å². The Kier molecular flexibility index (Phi) is 8.34. The van der Waals surface area contributed by atoms with Crippen molar-refractivity contribution in [2.45, 2.75) is 44.4 Å². The lowest BCUT2D eigenvalue weighted by atomic mass is 10.0. The average Bonchev–Trinajstić information content (AvgIpc) is 2.97. The number of aliphatic hydroxyl groups is 2. The summed E-state index contributed by atoms with van der Waals surface area (Å²) >= 11 is 0. The number of aromatic nitrogens is 1. The second-order valence-corrected chi connectivity index (χ2v) is 6.23. The summed E-state index contributed by atoms with van der Waals surface area (Å²) in [6.07, 6.45) is -0.565. The van der Waals surface area contributed by atoms with Crippen molar-refractivity contribution in [3.63, 3.8) is 0 Å². The van der Waals surface area contributed by atoms with Crippen molar-refractivity contribution in [3.8, 4) is 0 Å². The third-order valence-corrected chi connectivity index (χ3v) is 3.92. The van der Waals surface area contributed by atoms with E-state index in [9.17, 15) is 15.0 Å². The molecule has 0 fully saturated rings. The Labute approximate surface area is 142 Å². The second-order valence-electron chi connectivity index (χ2n) is 6.23. The largest absolute Gasteiger partial charge is 0.448 e. The van der Waals surface area contributed by atoms with Gasteiger partial charge in [0, 0.05) is 19.6 Å². The van der Waals surface area contributed by atoms with Gasteiger partial charge in [-0.3, -0.25) is 4.79 Å². The molecule has 8 nitrogen and oxygen atoms in total. The van der Waals surface area contributed by atoms with Crippen LogP contribution in [0.2, 0.25) is 0 Å². The minimum atomic E-state index is -1.52. The molecule has 0 bridgehead atoms. The van der Waals surface area contributed by atoms with Gasteiger partial charge in [-0.25, -0.2) is 4.98 Å². The van der Waals surface area contributed by atoms with Gasteiger partial charge in [0.2, 0.25) is 0 Å². The van der Waals surface area contributed by atoms with Crippen LogP contribution < -0.4 is 5.32 Å². The van der Waals surface area contributed by atoms with Gasteiger partial charge in [-0.15, -0.1) is 0 Å². The number of carbonyl (C=O) groups is 1. The van der Waals surface area contributed by atoms with Crippen molar-refractivity contribution in [2.24, 2.45) is 0 Å². The molecule has 1 amide bonds. The van der Waals surface area contributed by atoms with E-state index in [0.29, 0.717) is 18.9 Å². The first-order chi connectivity index (χ1) is 11.3. The van der Waals surface area contributed by atoms with E-state index in [1.807, 2.05) is 13.8 Å². The van der Waals surface area contributed by atoms with Crippen molar-refractivity contribution >= 4 is 5.91 Å². The van der Waals surface area contributed by atoms with Gasteiger partial charge in [0.05, 0.1) is 18.3 Å². The molecular weight excluding hydrogens is 314 g/mol. The van der Waals surface area contributed by atoms with Crippen LogP contribution in [-0.4, -0.2) is 78.6 Å². The molecule has 3 N–H and O–H groups in total. The number of oxazole rings is 1. The lowest BCUT2D eigenvalue weighted by Gasteiger charge is -2.30. The third-order valence-electron chi connectivity index (χ3n) is 3.92. The molecule has 138 valence electrons. The van der Waals surface area contributed by atoms with Crippen LogP contribution in [0, 0.1) is 6.92 Å². The number of hydrogen-bond donors (Lipinski definition) is 3. The lowest BCUT2D eigenvalue weighted by molar-refractivity contribution is -0.139. The summed E-state index contributed by atoms with van der Waals surface area (Å²) in [5.41, 5.74) is 0.812. The highest BCUT2D eigenvalue weighted by Gasteiger charge is 2.32. The summed E-state index contributed by atoms with van der Waals surface area (Å²) in [7, 11) is 5.00. The first-order valence-corrected chi connectivity index (χ1v) is 7.99. The molecule has 0 saturated carbocycles. The van der Waals surface area contributed by atoms with E-state index in [2.05, 4.69) is 10.3 Å². The number of amides is 1. The van der Waals surface area contributed by atoms with Gasteiger partial charge in [0.1, 0.15) is 12.4 Å². The average molecular weight is 343 g/mol. The first-order valence-electron chi connectivity index (χ1n) is 7.99. The minimum Gasteiger partial charge on any atom is -0.448 e. The summed E-state index contributed by atoms with van der Waals surface area (Å²) in [6, 6.07) is -0.482. The summed E-state index contributed by atoms with van der Waals surface area (Å²) in [5.74, 6) is 0.0559. The number of aliphatic hydroxyl groups excluding tert-OH is 2. The minimum absolute atomic E-state index is 0.0454. The maximum atomic E-state index is 12.0. The van der Waals surface area contributed by atoms with Gasteiger partial charge in [0.15, 0.2) is 12.0 Å². The zero-order valence-electron chi connectivity index (χ0n) is 15.0. The Morgan fingerprint density at radius 1 is 1.46 bits per heavy atom. The molecule has 0 unspecified atom stereocenters. The van der Waals surface area contributed by atoms with Crippen LogP contribution in [0.1, 0.15) is 30.8 Å². The maximum absolute atomic E-state index is 12.0. The number of nitrogens with zero attached hydrogens (tertiary/aromatic N) is 2. The Morgan fingerprint density at radius 3 is 2.62 bits per heavy atom. The number of nitrogens with one attached hydrogen (secondary N) is 1. The molecule has 1 aromatic rings. The van der Waals surface area contributed by atoms with Gasteiger partial charge in [-0.05, 0) is 27.4 Å². The third kappa shape index (κ3) is 5.86. The number of aryl methyl sites for hydroxylation is 1. The smallest absolute Gasteiger partial charge is 0.251 e. The Bertz CT molecular complexity index is 506. The Hall–Kier alpha value is -1.48. The van der Waals surface area contributed by atoms with Crippen molar-refractivity contribution < 1.29 is 24.2 Å². The van der Waals surface area contributed by atoms with Gasteiger partial charge in [0.25, 0.3) is 5.91 Å². The standard InChI is InChI=1S/C16H29N3O5/c1-10(16-18-11(2)8-24-16)6-7-17-15(22)14(21)13(20)12(9-23-5)19(3)4/h8,10,12-14,20-21H,6-7,9H2,1-5H3,(H,17,22)/t10-,12-,13-,14-/m1/s1. The van der Waals surface area contributed by atoms with E-state index in [0.717, 1.165) is 5.69 Å². The SMILES string of the molecule is COC[C@H]([C@@H](O)[C@@H](O)C(=O)NCC[C@@H](C)c1nc(C)co1)N(C)C. The number of hydrogen-bond acceptors (Lipinski definition) is 7. The van der Waals surface area contributed by atoms with Crippen LogP contribution in [0.15, 0.2) is 10.7 Å². The van der Waals surface area contributed by atoms with Gasteiger partial charge in [-0.1, -0.05) is 6.92 Å². The summed E-state index contributed by atoms with van der Waals surface area (Å²) in [5, 5.41) is 22.9. The van der Waals surface area contributed by atoms with Crippen molar-refractivity contribution in [1.29, 1.82) is 0 Å². The second kappa shape index (κ2) is 9.73. The Morgan fingerprint density at radius 2 is 2.12 bits per heavy atom. The predicted molar refractivity (Wildman–Crippen MR) is 88.6 cm³/mol. The van der Waals surface area contributed by atoms with Crippen LogP contribution in [0.4, 0.5) is 0 Å². The van der Waals surface area contributed by atoms with Crippen molar-refractivity contribution in [2.75, 3.05) is 34.4 Å². The molecule has 0 aliphatic carbocycles. The predicted octanol–water partition coefficient (Wildman–Crippen LogP) is -0.109. The van der Waals surface area contributed by atoms with Gasteiger partial charge in [-0.2, -0.15) is 0 Å². The summed E-state index contributed by atoms with van der Waals surface area (Å²) in [6.45, 7) is 4.35. The zero-order chi connectivity index (χ0) is 18.3. The fourth-order valence-electron chi connectivity index (χ4n) is 2.33. The van der Waals surface area contributed by atoms with Crippen LogP contribution in [0.5, 0.6) is 0 Å². The number of ether oxygens (including phenoxy) is 1. The fourth-order valence-corrected chi connectivity index (χ4v) is 2.33. The van der Waals surface area contributed by atoms with Gasteiger partial charge < -0.3 is 29.6 Å². The molecule has 0 aromatic carbocycles. The molecule has 8 heteroatoms. The van der Waals surface area contributed by atoms with E-state index in [1.54, 1.807) is 25.3 Å². The first kappa shape index (κ1) is 20.6. The van der Waals surface area contributed by atoms with E-state index in [4.69, 9.17) is 9.15 Å². The maximum Gasteiger partial charge on any atom is 0.251 e. The Balaban J connectivity index is 2.45. The fraction of sp³-hybridized carbons (Fsp3) is 0.750. The number of carbonyl (C=O) groups excluding carboxylic acids is 1. The van der Waals surface area contributed by atoms with Crippen molar-refractivity contribution in [3.05, 3.63) is 17.8 Å². The molecule has 1 heterocycles. The number of methoxy groups -OCH3 is 1. The van der Waals surface area contributed by atoms with E-state index in [1.165, 1.54) is 7.11 Å². The lowest BCUT2D eigenvalue weighted by Crippen LogP contribution is -2.53. The van der Waals surface area contributed by atoms with Gasteiger partial charge >= 0.3 is 0 Å². The molecule has 0 saturated heterocycles. The molecule has 4 atom stereocenters. The quantitative estimate of drug-likeness (QED) is 0.544. The van der Waals surface area contributed by atoms with Crippen LogP contribution in [-0.2, 0) is 9.53 Å². The van der Waals surface area contributed by atoms with Crippen LogP contribution in [0.25, 0.3) is 0 Å². The highest BCUT2D eigenvalue weighted by molar-refractivity contribution is 5.81. The monoisotopic (exact) mass is 343 g/mol. The highest BCUT2D eigenvalue weighted by Crippen LogP contribution is 2.17. The number of likely N-dealkylation sites (N-methyl/N-ethyl adjacent to an activating group) is 1. The summed E-state index contributed by atoms with van der Waals surface area (Å²) in [4.78, 5) is 18.0.